The van der Waals surface area contributed by atoms with Gasteiger partial charge in [0, 0.05) is 37.9 Å². The Morgan fingerprint density at radius 3 is 2.51 bits per heavy atom. The minimum absolute atomic E-state index is 0.0128. The highest BCUT2D eigenvalue weighted by Crippen LogP contribution is 2.41. The molecule has 1 unspecified atom stereocenters. The molecule has 41 heavy (non-hydrogen) atoms. The number of benzene rings is 1. The molecule has 2 aromatic rings. The second-order valence-corrected chi connectivity index (χ2v) is 11.2. The summed E-state index contributed by atoms with van der Waals surface area (Å²) in [5, 5.41) is 19.0. The lowest BCUT2D eigenvalue weighted by Gasteiger charge is -2.51. The SMILES string of the molecule is CO[C@@H]1[C@@H](n2cc(-c3cc(F)c(F)c(F)c3)nn2)[C@H]2OC(C)(C)OC[C@H]2O[C@@H]1CC(O)C#CC1CCC(F)(F)CC1. The predicted octanol–water partition coefficient (Wildman–Crippen LogP) is 4.42. The van der Waals surface area contributed by atoms with Crippen LogP contribution in [-0.2, 0) is 18.9 Å². The van der Waals surface area contributed by atoms with E-state index in [2.05, 4.69) is 22.2 Å². The summed E-state index contributed by atoms with van der Waals surface area (Å²) in [5.41, 5.74) is 0.0775. The third-order valence-electron chi connectivity index (χ3n) is 7.77. The summed E-state index contributed by atoms with van der Waals surface area (Å²) in [5.74, 6) is -2.45. The van der Waals surface area contributed by atoms with Crippen molar-refractivity contribution in [1.82, 2.24) is 15.0 Å². The Hall–Kier alpha value is -2.63. The van der Waals surface area contributed by atoms with Crippen LogP contribution in [0.4, 0.5) is 22.0 Å². The van der Waals surface area contributed by atoms with Crippen molar-refractivity contribution in [3.63, 3.8) is 0 Å². The molecule has 3 aliphatic rings. The molecule has 1 aromatic heterocycles. The topological polar surface area (TPSA) is 87.9 Å². The first-order valence-electron chi connectivity index (χ1n) is 13.5. The van der Waals surface area contributed by atoms with Crippen LogP contribution in [0, 0.1) is 35.2 Å². The van der Waals surface area contributed by atoms with Gasteiger partial charge in [-0.25, -0.2) is 26.6 Å². The Bertz CT molecular complexity index is 1280. The standard InChI is InChI=1S/C28H32F5N3O5/c1-27(2)39-14-22-26(41-27)24(36-13-20(34-35-36)16-10-18(29)23(31)19(30)11-16)25(38-3)21(40-22)12-17(37)5-4-15-6-8-28(32,33)9-7-15/h10-11,13,15,17,21-22,24-26,37H,6-9,12,14H2,1-3H3/t17?,21-,22-,24-,25+,26+/m1/s1. The maximum Gasteiger partial charge on any atom is 0.248 e. The second-order valence-electron chi connectivity index (χ2n) is 11.2. The second kappa shape index (κ2) is 11.6. The van der Waals surface area contributed by atoms with Crippen LogP contribution in [0.5, 0.6) is 0 Å². The largest absolute Gasteiger partial charge is 0.380 e. The molecule has 224 valence electrons. The zero-order valence-electron chi connectivity index (χ0n) is 22.8. The fourth-order valence-electron chi connectivity index (χ4n) is 5.65. The van der Waals surface area contributed by atoms with Crippen molar-refractivity contribution in [3.05, 3.63) is 35.8 Å². The Morgan fingerprint density at radius 2 is 1.85 bits per heavy atom. The minimum atomic E-state index is -2.66. The van der Waals surface area contributed by atoms with Gasteiger partial charge in [0.1, 0.15) is 36.2 Å². The number of rotatable bonds is 5. The van der Waals surface area contributed by atoms with E-state index in [9.17, 15) is 27.1 Å². The number of hydrogen-bond donors (Lipinski definition) is 1. The highest BCUT2D eigenvalue weighted by atomic mass is 19.3. The highest BCUT2D eigenvalue weighted by Gasteiger charge is 2.53. The summed E-state index contributed by atoms with van der Waals surface area (Å²) >= 11 is 0. The van der Waals surface area contributed by atoms with Crippen molar-refractivity contribution in [2.45, 2.75) is 94.2 Å². The van der Waals surface area contributed by atoms with Crippen LogP contribution in [0.25, 0.3) is 11.3 Å². The zero-order chi connectivity index (χ0) is 29.5. The number of hydrogen-bond acceptors (Lipinski definition) is 7. The molecule has 3 heterocycles. The van der Waals surface area contributed by atoms with Crippen molar-refractivity contribution >= 4 is 0 Å². The van der Waals surface area contributed by atoms with E-state index in [-0.39, 0.29) is 55.9 Å². The molecule has 6 atom stereocenters. The van der Waals surface area contributed by atoms with Crippen molar-refractivity contribution in [2.24, 2.45) is 5.92 Å². The number of fused-ring (bicyclic) bond motifs is 1. The van der Waals surface area contributed by atoms with E-state index in [1.54, 1.807) is 13.8 Å². The zero-order valence-corrected chi connectivity index (χ0v) is 22.8. The summed E-state index contributed by atoms with van der Waals surface area (Å²) in [4.78, 5) is 0. The van der Waals surface area contributed by atoms with Crippen molar-refractivity contribution in [2.75, 3.05) is 13.7 Å². The number of aliphatic hydroxyl groups is 1. The van der Waals surface area contributed by atoms with E-state index < -0.39 is 65.7 Å². The van der Waals surface area contributed by atoms with Crippen LogP contribution in [0.3, 0.4) is 0 Å². The third-order valence-corrected chi connectivity index (χ3v) is 7.77. The van der Waals surface area contributed by atoms with Crippen molar-refractivity contribution in [1.29, 1.82) is 0 Å². The minimum Gasteiger partial charge on any atom is -0.380 e. The molecule has 5 rings (SSSR count). The number of aromatic nitrogens is 3. The Morgan fingerprint density at radius 1 is 1.17 bits per heavy atom. The summed E-state index contributed by atoms with van der Waals surface area (Å²) in [7, 11) is 1.46. The van der Waals surface area contributed by atoms with Gasteiger partial charge in [-0.2, -0.15) is 0 Å². The van der Waals surface area contributed by atoms with Gasteiger partial charge in [0.2, 0.25) is 5.92 Å². The van der Waals surface area contributed by atoms with Crippen molar-refractivity contribution in [3.8, 4) is 23.1 Å². The van der Waals surface area contributed by atoms with Crippen LogP contribution in [0.15, 0.2) is 18.3 Å². The number of methoxy groups -OCH3 is 1. The first kappa shape index (κ1) is 29.8. The van der Waals surface area contributed by atoms with E-state index >= 15 is 0 Å². The van der Waals surface area contributed by atoms with E-state index in [0.717, 1.165) is 12.1 Å². The molecule has 1 aromatic carbocycles. The monoisotopic (exact) mass is 585 g/mol. The molecular weight excluding hydrogens is 553 g/mol. The van der Waals surface area contributed by atoms with E-state index in [0.29, 0.717) is 0 Å². The Kier molecular flexibility index (Phi) is 8.42. The lowest BCUT2D eigenvalue weighted by atomic mass is 9.86. The molecule has 3 fully saturated rings. The van der Waals surface area contributed by atoms with Crippen LogP contribution in [-0.4, -0.2) is 76.0 Å². The molecule has 8 nitrogen and oxygen atoms in total. The average molecular weight is 586 g/mol. The molecule has 2 aliphatic heterocycles. The van der Waals surface area contributed by atoms with Crippen molar-refractivity contribution < 1.29 is 46.0 Å². The molecule has 0 bridgehead atoms. The highest BCUT2D eigenvalue weighted by molar-refractivity contribution is 5.58. The molecule has 0 amide bonds. The molecule has 1 aliphatic carbocycles. The van der Waals surface area contributed by atoms with E-state index in [1.807, 2.05) is 0 Å². The van der Waals surface area contributed by atoms with Gasteiger partial charge < -0.3 is 24.1 Å². The van der Waals surface area contributed by atoms with Crippen LogP contribution in [0.2, 0.25) is 0 Å². The van der Waals surface area contributed by atoms with Crippen LogP contribution < -0.4 is 0 Å². The van der Waals surface area contributed by atoms with Crippen LogP contribution in [0.1, 0.15) is 52.0 Å². The third kappa shape index (κ3) is 6.57. The Labute approximate surface area is 234 Å². The smallest absolute Gasteiger partial charge is 0.248 e. The lowest BCUT2D eigenvalue weighted by Crippen LogP contribution is -2.62. The Balaban J connectivity index is 1.39. The molecule has 0 radical (unpaired) electrons. The maximum atomic E-state index is 13.9. The van der Waals surface area contributed by atoms with Gasteiger partial charge in [-0.05, 0) is 38.8 Å². The maximum absolute atomic E-state index is 13.9. The molecule has 1 saturated carbocycles. The molecule has 1 N–H and O–H groups in total. The average Bonchev–Trinajstić information content (AvgIpc) is 3.40. The summed E-state index contributed by atoms with van der Waals surface area (Å²) in [6.07, 6.45) is -2.27. The molecule has 0 spiro atoms. The van der Waals surface area contributed by atoms with Crippen LogP contribution >= 0.6 is 0 Å². The van der Waals surface area contributed by atoms with Gasteiger partial charge in [0.15, 0.2) is 23.2 Å². The number of alkyl halides is 2. The van der Waals surface area contributed by atoms with Gasteiger partial charge in [-0.1, -0.05) is 17.1 Å². The summed E-state index contributed by atoms with van der Waals surface area (Å²) < 4.78 is 93.8. The fourth-order valence-corrected chi connectivity index (χ4v) is 5.65. The number of ether oxygens (including phenoxy) is 4. The number of nitrogens with zero attached hydrogens (tertiary/aromatic N) is 3. The molecule has 13 heteroatoms. The molecular formula is C28H32F5N3O5. The number of aliphatic hydroxyl groups excluding tert-OH is 1. The van der Waals surface area contributed by atoms with Gasteiger partial charge >= 0.3 is 0 Å². The normalized spacial score (nSPS) is 30.2. The lowest BCUT2D eigenvalue weighted by molar-refractivity contribution is -0.350. The number of halogens is 5. The molecule has 2 saturated heterocycles. The fraction of sp³-hybridized carbons (Fsp3) is 0.643. The summed E-state index contributed by atoms with van der Waals surface area (Å²) in [6.45, 7) is 3.64. The van der Waals surface area contributed by atoms with Gasteiger partial charge in [-0.3, -0.25) is 0 Å². The van der Waals surface area contributed by atoms with E-state index in [4.69, 9.17) is 18.9 Å². The van der Waals surface area contributed by atoms with E-state index in [1.165, 1.54) is 18.0 Å². The first-order chi connectivity index (χ1) is 19.4. The quantitative estimate of drug-likeness (QED) is 0.316. The summed E-state index contributed by atoms with van der Waals surface area (Å²) in [6, 6.07) is 0.975. The first-order valence-corrected chi connectivity index (χ1v) is 13.5. The van der Waals surface area contributed by atoms with Gasteiger partial charge in [0.25, 0.3) is 0 Å². The predicted molar refractivity (Wildman–Crippen MR) is 134 cm³/mol. The van der Waals surface area contributed by atoms with Gasteiger partial charge in [0.05, 0.1) is 18.9 Å². The van der Waals surface area contributed by atoms with Gasteiger partial charge in [-0.15, -0.1) is 5.10 Å².